The average Bonchev–Trinajstić information content (AvgIpc) is 3.65. The van der Waals surface area contributed by atoms with Gasteiger partial charge < -0.3 is 25.4 Å². The Morgan fingerprint density at radius 2 is 2.00 bits per heavy atom. The van der Waals surface area contributed by atoms with Crippen LogP contribution >= 0.6 is 11.3 Å². The van der Waals surface area contributed by atoms with Crippen molar-refractivity contribution in [2.75, 3.05) is 50.5 Å². The second kappa shape index (κ2) is 10.6. The Hall–Kier alpha value is -3.42. The Bertz CT molecular complexity index is 1720. The van der Waals surface area contributed by atoms with E-state index in [9.17, 15) is 8.78 Å². The van der Waals surface area contributed by atoms with Gasteiger partial charge in [0.25, 0.3) is 0 Å². The zero-order chi connectivity index (χ0) is 30.0. The van der Waals surface area contributed by atoms with Crippen LogP contribution in [0.4, 0.5) is 24.1 Å². The quantitative estimate of drug-likeness (QED) is 0.314. The van der Waals surface area contributed by atoms with Crippen LogP contribution in [0.1, 0.15) is 33.1 Å². The molecule has 2 aromatic carbocycles. The molecule has 4 atom stereocenters. The standard InChI is InChI=1S/C30H34F3N7O2S/c1-15-12-40(16(2)11-35-15)27-19-9-21(41-3)22(18-5-6-20(32)26-25(18)36-28(34)43-26)23(33)24(19)37-29(38-27)42-14-30-7-4-8-39(30)13-17(31)10-30/h5-6,9,15-17,35H,4,7-8,10-14H2,1-3H3,(H2,34,36)/t15-,16+,17-,30?/m1/s1. The van der Waals surface area contributed by atoms with Crippen LogP contribution in [0.15, 0.2) is 18.2 Å². The molecule has 13 heteroatoms. The van der Waals surface area contributed by atoms with Crippen LogP contribution < -0.4 is 25.4 Å². The van der Waals surface area contributed by atoms with Crippen LogP contribution in [0.3, 0.4) is 0 Å². The first-order valence-corrected chi connectivity index (χ1v) is 15.4. The van der Waals surface area contributed by atoms with Gasteiger partial charge in [-0.05, 0) is 51.4 Å². The van der Waals surface area contributed by atoms with Gasteiger partial charge in [0, 0.05) is 49.1 Å². The Morgan fingerprint density at radius 1 is 1.16 bits per heavy atom. The molecule has 0 spiro atoms. The molecule has 1 unspecified atom stereocenters. The number of aromatic nitrogens is 3. The van der Waals surface area contributed by atoms with Crippen LogP contribution in [-0.4, -0.2) is 83.5 Å². The van der Waals surface area contributed by atoms with Crippen molar-refractivity contribution in [1.29, 1.82) is 0 Å². The average molecular weight is 614 g/mol. The van der Waals surface area contributed by atoms with E-state index in [1.807, 2.05) is 0 Å². The smallest absolute Gasteiger partial charge is 0.319 e. The number of piperazine rings is 1. The Morgan fingerprint density at radius 3 is 2.81 bits per heavy atom. The van der Waals surface area contributed by atoms with E-state index in [-0.39, 0.29) is 56.9 Å². The monoisotopic (exact) mass is 613 g/mol. The van der Waals surface area contributed by atoms with Gasteiger partial charge in [-0.2, -0.15) is 9.97 Å². The van der Waals surface area contributed by atoms with E-state index < -0.39 is 23.3 Å². The van der Waals surface area contributed by atoms with E-state index in [4.69, 9.17) is 20.2 Å². The normalized spacial score (nSPS) is 26.0. The minimum atomic E-state index is -0.903. The molecule has 2 aromatic heterocycles. The number of hydrogen-bond acceptors (Lipinski definition) is 10. The molecule has 0 saturated carbocycles. The van der Waals surface area contributed by atoms with E-state index in [0.29, 0.717) is 36.3 Å². The largest absolute Gasteiger partial charge is 0.496 e. The molecule has 4 aromatic rings. The third kappa shape index (κ3) is 4.72. The summed E-state index contributed by atoms with van der Waals surface area (Å²) in [6, 6.07) is 4.72. The van der Waals surface area contributed by atoms with E-state index in [1.165, 1.54) is 19.2 Å². The Balaban J connectivity index is 1.40. The molecule has 0 radical (unpaired) electrons. The number of benzene rings is 2. The van der Waals surface area contributed by atoms with Crippen LogP contribution in [-0.2, 0) is 0 Å². The molecule has 3 aliphatic heterocycles. The summed E-state index contributed by atoms with van der Waals surface area (Å²) in [4.78, 5) is 18.0. The number of nitrogen functional groups attached to an aromatic ring is 1. The third-order valence-corrected chi connectivity index (χ3v) is 10.0. The highest BCUT2D eigenvalue weighted by molar-refractivity contribution is 7.22. The zero-order valence-corrected chi connectivity index (χ0v) is 25.1. The zero-order valence-electron chi connectivity index (χ0n) is 24.3. The molecular weight excluding hydrogens is 579 g/mol. The second-order valence-electron chi connectivity index (χ2n) is 12.0. The van der Waals surface area contributed by atoms with Crippen molar-refractivity contribution in [1.82, 2.24) is 25.2 Å². The number of ether oxygens (including phenoxy) is 2. The molecule has 9 nitrogen and oxygen atoms in total. The lowest BCUT2D eigenvalue weighted by atomic mass is 9.95. The molecule has 0 bridgehead atoms. The predicted octanol–water partition coefficient (Wildman–Crippen LogP) is 4.92. The number of thiazole rings is 1. The highest BCUT2D eigenvalue weighted by atomic mass is 32.1. The second-order valence-corrected chi connectivity index (χ2v) is 13.0. The van der Waals surface area contributed by atoms with E-state index in [0.717, 1.165) is 37.3 Å². The maximum atomic E-state index is 16.9. The molecular formula is C30H34F3N7O2S. The van der Waals surface area contributed by atoms with Crippen molar-refractivity contribution >= 4 is 43.4 Å². The van der Waals surface area contributed by atoms with Gasteiger partial charge in [-0.15, -0.1) is 0 Å². The first-order valence-electron chi connectivity index (χ1n) is 14.6. The highest BCUT2D eigenvalue weighted by Gasteiger charge is 2.49. The Labute approximate surface area is 251 Å². The molecule has 3 fully saturated rings. The van der Waals surface area contributed by atoms with Crippen molar-refractivity contribution in [3.63, 3.8) is 0 Å². The van der Waals surface area contributed by atoms with Crippen LogP contribution in [0.25, 0.3) is 32.2 Å². The van der Waals surface area contributed by atoms with Gasteiger partial charge in [0.1, 0.15) is 35.7 Å². The minimum Gasteiger partial charge on any atom is -0.496 e. The number of rotatable bonds is 6. The third-order valence-electron chi connectivity index (χ3n) is 9.12. The first kappa shape index (κ1) is 28.4. The number of alkyl halides is 1. The molecule has 3 aliphatic rings. The molecule has 7 rings (SSSR count). The molecule has 5 heterocycles. The number of halogens is 3. The van der Waals surface area contributed by atoms with Crippen molar-refractivity contribution in [3.05, 3.63) is 29.8 Å². The number of nitrogens with one attached hydrogen (secondary N) is 1. The summed E-state index contributed by atoms with van der Waals surface area (Å²) >= 11 is 1.000. The SMILES string of the molecule is COc1cc2c(N3C[C@@H](C)NC[C@@H]3C)nc(OCC34CCCN3C[C@H](F)C4)nc2c(F)c1-c1ccc(F)c2sc(N)nc12. The lowest BCUT2D eigenvalue weighted by molar-refractivity contribution is 0.107. The summed E-state index contributed by atoms with van der Waals surface area (Å²) in [5.74, 6) is -0.386. The summed E-state index contributed by atoms with van der Waals surface area (Å²) in [5.41, 5.74) is 6.24. The highest BCUT2D eigenvalue weighted by Crippen LogP contribution is 2.45. The van der Waals surface area contributed by atoms with Crippen LogP contribution in [0.2, 0.25) is 0 Å². The first-order chi connectivity index (χ1) is 20.7. The molecule has 0 aliphatic carbocycles. The number of nitrogens with two attached hydrogens (primary N) is 1. The fourth-order valence-corrected chi connectivity index (χ4v) is 7.79. The van der Waals surface area contributed by atoms with Crippen molar-refractivity contribution in [3.8, 4) is 22.9 Å². The fourth-order valence-electron chi connectivity index (χ4n) is 7.02. The molecule has 0 amide bonds. The van der Waals surface area contributed by atoms with Gasteiger partial charge in [0.2, 0.25) is 0 Å². The summed E-state index contributed by atoms with van der Waals surface area (Å²) in [7, 11) is 1.46. The molecule has 228 valence electrons. The van der Waals surface area contributed by atoms with E-state index in [2.05, 4.69) is 38.9 Å². The number of fused-ring (bicyclic) bond motifs is 3. The summed E-state index contributed by atoms with van der Waals surface area (Å²) in [6.07, 6.45) is 1.29. The maximum Gasteiger partial charge on any atom is 0.319 e. The maximum absolute atomic E-state index is 16.9. The Kier molecular flexibility index (Phi) is 7.01. The van der Waals surface area contributed by atoms with Crippen LogP contribution in [0, 0.1) is 11.6 Å². The van der Waals surface area contributed by atoms with Gasteiger partial charge in [-0.3, -0.25) is 4.90 Å². The number of anilines is 2. The van der Waals surface area contributed by atoms with Crippen molar-refractivity contribution in [2.24, 2.45) is 0 Å². The lowest BCUT2D eigenvalue weighted by Gasteiger charge is -2.39. The molecule has 3 N–H and O–H groups in total. The van der Waals surface area contributed by atoms with Crippen molar-refractivity contribution < 1.29 is 22.6 Å². The lowest BCUT2D eigenvalue weighted by Crippen LogP contribution is -2.54. The number of hydrogen-bond donors (Lipinski definition) is 2. The topological polar surface area (TPSA) is 102 Å². The van der Waals surface area contributed by atoms with Gasteiger partial charge in [-0.1, -0.05) is 11.3 Å². The van der Waals surface area contributed by atoms with Crippen LogP contribution in [0.5, 0.6) is 11.8 Å². The van der Waals surface area contributed by atoms with Gasteiger partial charge in [0.15, 0.2) is 10.9 Å². The van der Waals surface area contributed by atoms with Gasteiger partial charge in [0.05, 0.1) is 28.4 Å². The number of methoxy groups -OCH3 is 1. The summed E-state index contributed by atoms with van der Waals surface area (Å²) < 4.78 is 58.2. The summed E-state index contributed by atoms with van der Waals surface area (Å²) in [6.45, 7) is 6.95. The van der Waals surface area contributed by atoms with Crippen molar-refractivity contribution in [2.45, 2.75) is 56.9 Å². The van der Waals surface area contributed by atoms with Gasteiger partial charge in [-0.25, -0.2) is 18.2 Å². The summed E-state index contributed by atoms with van der Waals surface area (Å²) in [5, 5.41) is 4.11. The fraction of sp³-hybridized carbons (Fsp3) is 0.500. The predicted molar refractivity (Wildman–Crippen MR) is 162 cm³/mol. The minimum absolute atomic E-state index is 0.0293. The molecule has 43 heavy (non-hydrogen) atoms. The van der Waals surface area contributed by atoms with Gasteiger partial charge >= 0.3 is 6.01 Å². The number of nitrogens with zero attached hydrogens (tertiary/aromatic N) is 5. The van der Waals surface area contributed by atoms with E-state index in [1.54, 1.807) is 6.07 Å². The molecule has 3 saturated heterocycles. The van der Waals surface area contributed by atoms with E-state index >= 15 is 4.39 Å².